The Labute approximate surface area is 176 Å². The number of nitrogens with zero attached hydrogens (tertiary/aromatic N) is 1. The number of amides is 1. The Balaban J connectivity index is 1.38. The van der Waals surface area contributed by atoms with Gasteiger partial charge in [0.1, 0.15) is 5.75 Å². The van der Waals surface area contributed by atoms with Crippen LogP contribution < -0.4 is 14.4 Å². The standard InChI is InChI=1S/C23H17ClN2O4/c24-10-13-11-26(17-9-18(27)14-3-1-2-4-15(14)21(13)17)22(28)23-29-19-7-12-5-6-25-16(12)8-20(19)30-23/h1-9,13,23,25,27H,10-11H2/t13-,23?/m1/s1. The van der Waals surface area contributed by atoms with Crippen LogP contribution in [0.25, 0.3) is 21.7 Å². The van der Waals surface area contributed by atoms with Crippen molar-refractivity contribution in [2.75, 3.05) is 17.3 Å². The fraction of sp³-hybridized carbons (Fsp3) is 0.174. The van der Waals surface area contributed by atoms with Gasteiger partial charge in [-0.15, -0.1) is 11.6 Å². The number of hydrogen-bond acceptors (Lipinski definition) is 4. The molecule has 7 heteroatoms. The van der Waals surface area contributed by atoms with Crippen molar-refractivity contribution >= 4 is 44.9 Å². The summed E-state index contributed by atoms with van der Waals surface area (Å²) in [5.41, 5.74) is 2.53. The first kappa shape index (κ1) is 17.5. The first-order valence-corrected chi connectivity index (χ1v) is 10.2. The van der Waals surface area contributed by atoms with Gasteiger partial charge in [-0.2, -0.15) is 0 Å². The first-order valence-electron chi connectivity index (χ1n) is 9.70. The SMILES string of the molecule is O=C(C1Oc2cc3cc[nH]c3cc2O1)N1C[C@@H](CCl)c2c1cc(O)c1ccccc21. The van der Waals surface area contributed by atoms with Crippen LogP contribution in [0.4, 0.5) is 5.69 Å². The van der Waals surface area contributed by atoms with Crippen molar-refractivity contribution in [2.24, 2.45) is 0 Å². The number of anilines is 1. The number of phenols is 1. The minimum absolute atomic E-state index is 0.0435. The Morgan fingerprint density at radius 3 is 2.70 bits per heavy atom. The van der Waals surface area contributed by atoms with Gasteiger partial charge >= 0.3 is 12.2 Å². The molecule has 0 radical (unpaired) electrons. The summed E-state index contributed by atoms with van der Waals surface area (Å²) in [7, 11) is 0. The maximum absolute atomic E-state index is 13.4. The lowest BCUT2D eigenvalue weighted by Gasteiger charge is -2.21. The predicted molar refractivity (Wildman–Crippen MR) is 115 cm³/mol. The van der Waals surface area contributed by atoms with Crippen LogP contribution in [-0.4, -0.2) is 34.7 Å². The maximum Gasteiger partial charge on any atom is 0.322 e. The van der Waals surface area contributed by atoms with Crippen molar-refractivity contribution in [1.82, 2.24) is 4.98 Å². The molecular weight excluding hydrogens is 404 g/mol. The fourth-order valence-electron chi connectivity index (χ4n) is 4.49. The zero-order valence-corrected chi connectivity index (χ0v) is 16.5. The predicted octanol–water partition coefficient (Wildman–Crippen LogP) is 4.49. The van der Waals surface area contributed by atoms with Crippen molar-refractivity contribution in [3.05, 3.63) is 60.3 Å². The van der Waals surface area contributed by atoms with Gasteiger partial charge in [-0.1, -0.05) is 24.3 Å². The number of benzene rings is 3. The van der Waals surface area contributed by atoms with E-state index in [0.717, 1.165) is 27.2 Å². The molecule has 2 atom stereocenters. The van der Waals surface area contributed by atoms with Crippen LogP contribution in [0.15, 0.2) is 54.7 Å². The molecule has 3 heterocycles. The van der Waals surface area contributed by atoms with Gasteiger partial charge in [0, 0.05) is 53.0 Å². The number of aromatic hydroxyl groups is 1. The molecule has 0 spiro atoms. The van der Waals surface area contributed by atoms with Crippen LogP contribution in [0.5, 0.6) is 17.2 Å². The summed E-state index contributed by atoms with van der Waals surface area (Å²) >= 11 is 6.26. The number of ether oxygens (including phenoxy) is 2. The van der Waals surface area contributed by atoms with E-state index < -0.39 is 6.29 Å². The fourth-order valence-corrected chi connectivity index (χ4v) is 4.74. The molecule has 0 aliphatic carbocycles. The first-order chi connectivity index (χ1) is 14.6. The summed E-state index contributed by atoms with van der Waals surface area (Å²) in [4.78, 5) is 18.1. The van der Waals surface area contributed by atoms with E-state index in [1.165, 1.54) is 0 Å². The summed E-state index contributed by atoms with van der Waals surface area (Å²) in [6.07, 6.45) is 0.759. The average molecular weight is 421 g/mol. The van der Waals surface area contributed by atoms with Gasteiger partial charge in [-0.05, 0) is 23.1 Å². The summed E-state index contributed by atoms with van der Waals surface area (Å²) < 4.78 is 11.7. The van der Waals surface area contributed by atoms with E-state index in [1.807, 2.05) is 48.7 Å². The van der Waals surface area contributed by atoms with Crippen molar-refractivity contribution in [1.29, 1.82) is 0 Å². The number of alkyl halides is 1. The molecule has 2 aliphatic heterocycles. The van der Waals surface area contributed by atoms with Crippen LogP contribution in [-0.2, 0) is 4.79 Å². The molecular formula is C23H17ClN2O4. The van der Waals surface area contributed by atoms with Gasteiger partial charge in [0.2, 0.25) is 0 Å². The Morgan fingerprint density at radius 2 is 1.90 bits per heavy atom. The molecule has 2 N–H and O–H groups in total. The lowest BCUT2D eigenvalue weighted by Crippen LogP contribution is -2.43. The molecule has 1 aromatic heterocycles. The van der Waals surface area contributed by atoms with Gasteiger partial charge in [-0.25, -0.2) is 0 Å². The van der Waals surface area contributed by atoms with Crippen molar-refractivity contribution in [3.8, 4) is 17.2 Å². The quantitative estimate of drug-likeness (QED) is 0.468. The van der Waals surface area contributed by atoms with E-state index in [-0.39, 0.29) is 17.6 Å². The van der Waals surface area contributed by atoms with Gasteiger partial charge in [-0.3, -0.25) is 4.79 Å². The number of hydrogen-bond donors (Lipinski definition) is 2. The number of phenolic OH excluding ortho intramolecular Hbond substituents is 1. The number of aromatic amines is 1. The highest BCUT2D eigenvalue weighted by molar-refractivity contribution is 6.19. The van der Waals surface area contributed by atoms with E-state index in [2.05, 4.69) is 4.98 Å². The van der Waals surface area contributed by atoms with Crippen LogP contribution >= 0.6 is 11.6 Å². The zero-order chi connectivity index (χ0) is 20.4. The lowest BCUT2D eigenvalue weighted by atomic mass is 9.95. The second-order valence-corrected chi connectivity index (χ2v) is 7.91. The topological polar surface area (TPSA) is 74.8 Å². The average Bonchev–Trinajstić information content (AvgIpc) is 3.47. The van der Waals surface area contributed by atoms with Crippen LogP contribution in [0.3, 0.4) is 0 Å². The van der Waals surface area contributed by atoms with E-state index in [0.29, 0.717) is 29.6 Å². The van der Waals surface area contributed by atoms with E-state index in [9.17, 15) is 9.90 Å². The molecule has 2 aliphatic rings. The molecule has 0 saturated carbocycles. The van der Waals surface area contributed by atoms with Crippen molar-refractivity contribution in [3.63, 3.8) is 0 Å². The summed E-state index contributed by atoms with van der Waals surface area (Å²) in [5.74, 6) is 1.19. The zero-order valence-electron chi connectivity index (χ0n) is 15.8. The highest BCUT2D eigenvalue weighted by Crippen LogP contribution is 2.46. The second kappa shape index (κ2) is 6.31. The molecule has 6 nitrogen and oxygen atoms in total. The Hall–Kier alpha value is -3.38. The summed E-state index contributed by atoms with van der Waals surface area (Å²) in [6.45, 7) is 0.408. The number of rotatable bonds is 2. The van der Waals surface area contributed by atoms with Gasteiger partial charge in [0.25, 0.3) is 0 Å². The van der Waals surface area contributed by atoms with E-state index in [4.69, 9.17) is 21.1 Å². The molecule has 3 aromatic carbocycles. The molecule has 1 amide bonds. The Morgan fingerprint density at radius 1 is 1.13 bits per heavy atom. The molecule has 0 fully saturated rings. The van der Waals surface area contributed by atoms with Gasteiger partial charge in [0.05, 0.1) is 5.69 Å². The van der Waals surface area contributed by atoms with Crippen molar-refractivity contribution in [2.45, 2.75) is 12.2 Å². The number of H-pyrrole nitrogens is 1. The minimum Gasteiger partial charge on any atom is -0.507 e. The number of halogens is 1. The molecule has 150 valence electrons. The molecule has 6 rings (SSSR count). The highest BCUT2D eigenvalue weighted by Gasteiger charge is 2.41. The lowest BCUT2D eigenvalue weighted by molar-refractivity contribution is -0.133. The Kier molecular flexibility index (Phi) is 3.67. The van der Waals surface area contributed by atoms with Gasteiger partial charge in [0.15, 0.2) is 11.5 Å². The summed E-state index contributed by atoms with van der Waals surface area (Å²) in [5, 5.41) is 13.2. The van der Waals surface area contributed by atoms with E-state index >= 15 is 0 Å². The minimum atomic E-state index is -1.08. The maximum atomic E-state index is 13.4. The van der Waals surface area contributed by atoms with Crippen LogP contribution in [0.2, 0.25) is 0 Å². The molecule has 4 aromatic rings. The molecule has 0 bridgehead atoms. The van der Waals surface area contributed by atoms with Crippen molar-refractivity contribution < 1.29 is 19.4 Å². The van der Waals surface area contributed by atoms with Gasteiger partial charge < -0.3 is 24.5 Å². The highest BCUT2D eigenvalue weighted by atomic mass is 35.5. The second-order valence-electron chi connectivity index (χ2n) is 7.61. The largest absolute Gasteiger partial charge is 0.507 e. The monoisotopic (exact) mass is 420 g/mol. The number of carbonyl (C=O) groups excluding carboxylic acids is 1. The number of nitrogens with one attached hydrogen (secondary N) is 1. The molecule has 1 unspecified atom stereocenters. The third-order valence-corrected chi connectivity index (χ3v) is 6.26. The Bertz CT molecular complexity index is 1290. The summed E-state index contributed by atoms with van der Waals surface area (Å²) in [6, 6.07) is 14.9. The third-order valence-electron chi connectivity index (χ3n) is 5.88. The molecule has 0 saturated heterocycles. The smallest absolute Gasteiger partial charge is 0.322 e. The number of fused-ring (bicyclic) bond motifs is 5. The number of carbonyl (C=O) groups is 1. The van der Waals surface area contributed by atoms with E-state index in [1.54, 1.807) is 11.0 Å². The van der Waals surface area contributed by atoms with Crippen LogP contribution in [0, 0.1) is 0 Å². The third kappa shape index (κ3) is 2.40. The number of aromatic nitrogens is 1. The van der Waals surface area contributed by atoms with Crippen LogP contribution in [0.1, 0.15) is 11.5 Å². The molecule has 30 heavy (non-hydrogen) atoms. The normalized spacial score (nSPS) is 19.6.